The lowest BCUT2D eigenvalue weighted by atomic mass is 10.3. The molecule has 0 radical (unpaired) electrons. The molecule has 2 aromatic rings. The van der Waals surface area contributed by atoms with E-state index in [-0.39, 0.29) is 11.4 Å². The molecule has 0 aliphatic heterocycles. The molecule has 0 spiro atoms. The van der Waals surface area contributed by atoms with E-state index in [0.29, 0.717) is 18.9 Å². The second-order valence-electron chi connectivity index (χ2n) is 4.04. The van der Waals surface area contributed by atoms with E-state index in [1.165, 1.54) is 12.1 Å². The van der Waals surface area contributed by atoms with E-state index in [1.54, 1.807) is 29.0 Å². The molecule has 2 rings (SSSR count). The number of aromatic nitrogens is 1. The first kappa shape index (κ1) is 12.4. The van der Waals surface area contributed by atoms with Crippen LogP contribution in [0.2, 0.25) is 0 Å². The van der Waals surface area contributed by atoms with Crippen LogP contribution >= 0.6 is 0 Å². The van der Waals surface area contributed by atoms with Gasteiger partial charge in [0.05, 0.1) is 6.54 Å². The maximum absolute atomic E-state index is 12.7. The van der Waals surface area contributed by atoms with Crippen LogP contribution in [-0.4, -0.2) is 11.2 Å². The van der Waals surface area contributed by atoms with Crippen molar-refractivity contribution in [2.45, 2.75) is 13.5 Å². The van der Waals surface area contributed by atoms with Crippen molar-refractivity contribution < 1.29 is 9.13 Å². The molecule has 0 saturated heterocycles. The van der Waals surface area contributed by atoms with Gasteiger partial charge in [-0.15, -0.1) is 0 Å². The van der Waals surface area contributed by atoms with E-state index < -0.39 is 0 Å². The van der Waals surface area contributed by atoms with Crippen molar-refractivity contribution in [3.05, 3.63) is 64.3 Å². The number of ether oxygens (including phenoxy) is 1. The van der Waals surface area contributed by atoms with Crippen molar-refractivity contribution in [3.8, 4) is 5.75 Å². The Hall–Kier alpha value is -2.10. The lowest BCUT2D eigenvalue weighted by Gasteiger charge is -2.08. The predicted octanol–water partition coefficient (Wildman–Crippen LogP) is 2.37. The van der Waals surface area contributed by atoms with Gasteiger partial charge in [0.15, 0.2) is 0 Å². The summed E-state index contributed by atoms with van der Waals surface area (Å²) in [6.07, 6.45) is 1.74. The molecule has 0 aliphatic carbocycles. The Morgan fingerprint density at radius 1 is 1.22 bits per heavy atom. The van der Waals surface area contributed by atoms with Crippen LogP contribution in [0, 0.1) is 12.7 Å². The first-order chi connectivity index (χ1) is 8.65. The van der Waals surface area contributed by atoms with Crippen LogP contribution in [0.3, 0.4) is 0 Å². The van der Waals surface area contributed by atoms with Crippen LogP contribution in [0.15, 0.2) is 47.4 Å². The summed E-state index contributed by atoms with van der Waals surface area (Å²) in [5.74, 6) is 0.300. The third-order valence-electron chi connectivity index (χ3n) is 2.57. The Labute approximate surface area is 104 Å². The minimum absolute atomic E-state index is 0.0438. The molecule has 0 aliphatic rings. The molecule has 4 heteroatoms. The van der Waals surface area contributed by atoms with E-state index in [2.05, 4.69) is 0 Å². The molecule has 0 amide bonds. The minimum Gasteiger partial charge on any atom is -0.492 e. The standard InChI is InChI=1S/C14H14FNO2/c1-11-6-7-16(14(17)10-11)8-9-18-13-4-2-12(15)3-5-13/h2-7,10H,8-9H2,1H3. The Balaban J connectivity index is 1.92. The number of halogens is 1. The second kappa shape index (κ2) is 5.49. The maximum atomic E-state index is 12.7. The Morgan fingerprint density at radius 2 is 1.94 bits per heavy atom. The number of hydrogen-bond acceptors (Lipinski definition) is 2. The topological polar surface area (TPSA) is 31.2 Å². The van der Waals surface area contributed by atoms with Crippen molar-refractivity contribution in [2.75, 3.05) is 6.61 Å². The first-order valence-electron chi connectivity index (χ1n) is 5.70. The molecule has 1 aromatic carbocycles. The fourth-order valence-electron chi connectivity index (χ4n) is 1.58. The molecular formula is C14H14FNO2. The predicted molar refractivity (Wildman–Crippen MR) is 67.3 cm³/mol. The molecule has 18 heavy (non-hydrogen) atoms. The van der Waals surface area contributed by atoms with Gasteiger partial charge in [-0.3, -0.25) is 4.79 Å². The van der Waals surface area contributed by atoms with E-state index in [1.807, 2.05) is 13.0 Å². The van der Waals surface area contributed by atoms with Crippen LogP contribution in [-0.2, 0) is 6.54 Å². The van der Waals surface area contributed by atoms with Crippen LogP contribution < -0.4 is 10.3 Å². The summed E-state index contributed by atoms with van der Waals surface area (Å²) in [7, 11) is 0. The fourth-order valence-corrected chi connectivity index (χ4v) is 1.58. The minimum atomic E-state index is -0.294. The van der Waals surface area contributed by atoms with Crippen LogP contribution in [0.1, 0.15) is 5.56 Å². The van der Waals surface area contributed by atoms with Gasteiger partial charge in [0.2, 0.25) is 0 Å². The van der Waals surface area contributed by atoms with Crippen LogP contribution in [0.25, 0.3) is 0 Å². The highest BCUT2D eigenvalue weighted by molar-refractivity contribution is 5.21. The van der Waals surface area contributed by atoms with Gasteiger partial charge in [0.25, 0.3) is 5.56 Å². The quantitative estimate of drug-likeness (QED) is 0.830. The highest BCUT2D eigenvalue weighted by atomic mass is 19.1. The smallest absolute Gasteiger partial charge is 0.250 e. The molecule has 0 unspecified atom stereocenters. The van der Waals surface area contributed by atoms with Gasteiger partial charge >= 0.3 is 0 Å². The van der Waals surface area contributed by atoms with Gasteiger partial charge in [-0.25, -0.2) is 4.39 Å². The first-order valence-corrected chi connectivity index (χ1v) is 5.70. The van der Waals surface area contributed by atoms with Crippen molar-refractivity contribution in [3.63, 3.8) is 0 Å². The molecule has 0 bridgehead atoms. The molecule has 0 N–H and O–H groups in total. The summed E-state index contributed by atoms with van der Waals surface area (Å²) < 4.78 is 19.7. The monoisotopic (exact) mass is 247 g/mol. The highest BCUT2D eigenvalue weighted by Crippen LogP contribution is 2.10. The largest absolute Gasteiger partial charge is 0.492 e. The Kier molecular flexibility index (Phi) is 3.77. The third-order valence-corrected chi connectivity index (χ3v) is 2.57. The summed E-state index contributed by atoms with van der Waals surface area (Å²) in [5, 5.41) is 0. The molecule has 1 heterocycles. The summed E-state index contributed by atoms with van der Waals surface area (Å²) in [6, 6.07) is 9.26. The lowest BCUT2D eigenvalue weighted by Crippen LogP contribution is -2.21. The van der Waals surface area contributed by atoms with Gasteiger partial charge in [-0.05, 0) is 42.8 Å². The lowest BCUT2D eigenvalue weighted by molar-refractivity contribution is 0.296. The molecule has 0 fully saturated rings. The zero-order chi connectivity index (χ0) is 13.0. The average Bonchev–Trinajstić information content (AvgIpc) is 2.34. The van der Waals surface area contributed by atoms with Gasteiger partial charge in [-0.1, -0.05) is 0 Å². The zero-order valence-corrected chi connectivity index (χ0v) is 10.1. The summed E-state index contributed by atoms with van der Waals surface area (Å²) in [4.78, 5) is 11.6. The number of benzene rings is 1. The Bertz CT molecular complexity index is 575. The van der Waals surface area contributed by atoms with Crippen molar-refractivity contribution in [1.82, 2.24) is 4.57 Å². The van der Waals surface area contributed by atoms with Gasteiger partial charge in [0.1, 0.15) is 18.2 Å². The van der Waals surface area contributed by atoms with E-state index in [4.69, 9.17) is 4.74 Å². The van der Waals surface area contributed by atoms with Gasteiger partial charge in [-0.2, -0.15) is 0 Å². The molecule has 0 saturated carbocycles. The summed E-state index contributed by atoms with van der Waals surface area (Å²) in [5.41, 5.74) is 0.897. The van der Waals surface area contributed by atoms with Crippen LogP contribution in [0.5, 0.6) is 5.75 Å². The SMILES string of the molecule is Cc1ccn(CCOc2ccc(F)cc2)c(=O)c1. The molecule has 0 atom stereocenters. The molecule has 94 valence electrons. The third kappa shape index (κ3) is 3.20. The van der Waals surface area contributed by atoms with Crippen molar-refractivity contribution in [1.29, 1.82) is 0 Å². The summed E-state index contributed by atoms with van der Waals surface area (Å²) in [6.45, 7) is 2.71. The molecule has 1 aromatic heterocycles. The van der Waals surface area contributed by atoms with E-state index in [9.17, 15) is 9.18 Å². The van der Waals surface area contributed by atoms with Crippen LogP contribution in [0.4, 0.5) is 4.39 Å². The van der Waals surface area contributed by atoms with E-state index in [0.717, 1.165) is 5.56 Å². The van der Waals surface area contributed by atoms with E-state index >= 15 is 0 Å². The number of nitrogens with zero attached hydrogens (tertiary/aromatic N) is 1. The second-order valence-corrected chi connectivity index (χ2v) is 4.04. The number of pyridine rings is 1. The highest BCUT2D eigenvalue weighted by Gasteiger charge is 1.98. The average molecular weight is 247 g/mol. The maximum Gasteiger partial charge on any atom is 0.250 e. The molecule has 3 nitrogen and oxygen atoms in total. The van der Waals surface area contributed by atoms with Crippen molar-refractivity contribution in [2.24, 2.45) is 0 Å². The zero-order valence-electron chi connectivity index (χ0n) is 10.1. The number of hydrogen-bond donors (Lipinski definition) is 0. The van der Waals surface area contributed by atoms with Gasteiger partial charge < -0.3 is 9.30 Å². The van der Waals surface area contributed by atoms with Gasteiger partial charge in [0, 0.05) is 12.3 Å². The normalized spacial score (nSPS) is 10.3. The summed E-state index contributed by atoms with van der Waals surface area (Å²) >= 11 is 0. The number of rotatable bonds is 4. The van der Waals surface area contributed by atoms with Crippen molar-refractivity contribution >= 4 is 0 Å². The number of aryl methyl sites for hydroxylation is 1. The molecular weight excluding hydrogens is 233 g/mol. The fraction of sp³-hybridized carbons (Fsp3) is 0.214. The Morgan fingerprint density at radius 3 is 2.61 bits per heavy atom.